The third-order valence-electron chi connectivity index (χ3n) is 2.59. The van der Waals surface area contributed by atoms with Crippen LogP contribution in [0.15, 0.2) is 24.7 Å². The van der Waals surface area contributed by atoms with Gasteiger partial charge in [-0.25, -0.2) is 9.97 Å². The monoisotopic (exact) mass is 260 g/mol. The van der Waals surface area contributed by atoms with E-state index in [0.29, 0.717) is 18.1 Å². The average molecular weight is 260 g/mol. The van der Waals surface area contributed by atoms with Gasteiger partial charge >= 0.3 is 0 Å². The lowest BCUT2D eigenvalue weighted by atomic mass is 10.3. The molecule has 0 saturated heterocycles. The van der Waals surface area contributed by atoms with Crippen LogP contribution in [0.5, 0.6) is 0 Å². The van der Waals surface area contributed by atoms with Crippen molar-refractivity contribution in [3.8, 4) is 0 Å². The number of aromatic nitrogens is 4. The zero-order valence-corrected chi connectivity index (χ0v) is 10.9. The molecule has 0 aliphatic carbocycles. The summed E-state index contributed by atoms with van der Waals surface area (Å²) in [7, 11) is 1.83. The Bertz CT molecular complexity index is 548. The first-order valence-electron chi connectivity index (χ1n) is 6.01. The number of anilines is 1. The second kappa shape index (κ2) is 5.94. The summed E-state index contributed by atoms with van der Waals surface area (Å²) < 4.78 is 1.71. The van der Waals surface area contributed by atoms with Gasteiger partial charge in [0.1, 0.15) is 11.5 Å². The van der Waals surface area contributed by atoms with Gasteiger partial charge in [-0.3, -0.25) is 9.48 Å². The summed E-state index contributed by atoms with van der Waals surface area (Å²) in [6.45, 7) is 3.14. The van der Waals surface area contributed by atoms with Crippen LogP contribution in [0.4, 0.5) is 5.82 Å². The molecule has 0 unspecified atom stereocenters. The Morgan fingerprint density at radius 1 is 1.37 bits per heavy atom. The largest absolute Gasteiger partial charge is 0.369 e. The van der Waals surface area contributed by atoms with Crippen LogP contribution >= 0.6 is 0 Å². The van der Waals surface area contributed by atoms with Gasteiger partial charge in [0.25, 0.3) is 5.91 Å². The fourth-order valence-electron chi connectivity index (χ4n) is 1.55. The highest BCUT2D eigenvalue weighted by Gasteiger charge is 2.08. The van der Waals surface area contributed by atoms with Gasteiger partial charge in [-0.1, -0.05) is 0 Å². The van der Waals surface area contributed by atoms with E-state index in [1.54, 1.807) is 17.1 Å². The Balaban J connectivity index is 1.94. The molecule has 2 rings (SSSR count). The zero-order chi connectivity index (χ0) is 13.7. The molecule has 0 fully saturated rings. The molecule has 0 atom stereocenters. The number of amides is 1. The molecule has 0 saturated carbocycles. The van der Waals surface area contributed by atoms with E-state index in [4.69, 9.17) is 0 Å². The van der Waals surface area contributed by atoms with Crippen LogP contribution < -0.4 is 10.6 Å². The molecule has 1 amide bonds. The van der Waals surface area contributed by atoms with E-state index in [-0.39, 0.29) is 5.91 Å². The van der Waals surface area contributed by atoms with Gasteiger partial charge in [-0.2, -0.15) is 5.10 Å². The summed E-state index contributed by atoms with van der Waals surface area (Å²) in [5, 5.41) is 9.82. The number of aryl methyl sites for hydroxylation is 1. The van der Waals surface area contributed by atoms with Crippen molar-refractivity contribution in [1.82, 2.24) is 25.1 Å². The van der Waals surface area contributed by atoms with Gasteiger partial charge in [-0.15, -0.1) is 0 Å². The second-order valence-electron chi connectivity index (χ2n) is 3.95. The molecule has 2 aromatic rings. The summed E-state index contributed by atoms with van der Waals surface area (Å²) in [6, 6.07) is 1.85. The number of nitrogens with zero attached hydrogens (tertiary/aromatic N) is 4. The molecular weight excluding hydrogens is 244 g/mol. The van der Waals surface area contributed by atoms with Crippen molar-refractivity contribution < 1.29 is 4.79 Å². The molecule has 2 heterocycles. The minimum absolute atomic E-state index is 0.253. The smallest absolute Gasteiger partial charge is 0.271 e. The zero-order valence-electron chi connectivity index (χ0n) is 10.9. The molecule has 0 aromatic carbocycles. The van der Waals surface area contributed by atoms with E-state index in [0.717, 1.165) is 12.2 Å². The van der Waals surface area contributed by atoms with Gasteiger partial charge in [0.2, 0.25) is 0 Å². The summed E-state index contributed by atoms with van der Waals surface area (Å²) in [5.41, 5.74) is 1.22. The quantitative estimate of drug-likeness (QED) is 0.821. The fraction of sp³-hybridized carbons (Fsp3) is 0.333. The maximum absolute atomic E-state index is 11.9. The van der Waals surface area contributed by atoms with E-state index in [1.807, 2.05) is 20.0 Å². The van der Waals surface area contributed by atoms with E-state index in [2.05, 4.69) is 25.7 Å². The third-order valence-corrected chi connectivity index (χ3v) is 2.59. The highest BCUT2D eigenvalue weighted by molar-refractivity contribution is 5.91. The Labute approximate surface area is 111 Å². The van der Waals surface area contributed by atoms with Crippen molar-refractivity contribution in [2.24, 2.45) is 7.05 Å². The molecule has 0 aliphatic rings. The first kappa shape index (κ1) is 13.0. The molecule has 2 N–H and O–H groups in total. The van der Waals surface area contributed by atoms with Crippen LogP contribution in [0, 0.1) is 0 Å². The Morgan fingerprint density at radius 3 is 2.79 bits per heavy atom. The lowest BCUT2D eigenvalue weighted by molar-refractivity contribution is 0.0944. The molecular formula is C12H16N6O. The normalized spacial score (nSPS) is 10.2. The predicted octanol–water partition coefficient (Wildman–Crippen LogP) is 0.572. The Morgan fingerprint density at radius 2 is 2.21 bits per heavy atom. The van der Waals surface area contributed by atoms with Crippen LogP contribution in [-0.4, -0.2) is 32.2 Å². The van der Waals surface area contributed by atoms with Crippen LogP contribution in [0.3, 0.4) is 0 Å². The summed E-state index contributed by atoms with van der Waals surface area (Å²) in [5.74, 6) is 0.405. The van der Waals surface area contributed by atoms with Gasteiger partial charge in [0.15, 0.2) is 0 Å². The van der Waals surface area contributed by atoms with E-state index >= 15 is 0 Å². The first-order valence-corrected chi connectivity index (χ1v) is 6.01. The fourth-order valence-corrected chi connectivity index (χ4v) is 1.55. The number of hydrogen-bond acceptors (Lipinski definition) is 5. The van der Waals surface area contributed by atoms with Gasteiger partial charge in [0.05, 0.1) is 24.6 Å². The molecule has 7 heteroatoms. The SMILES string of the molecule is CCNc1cnc(C(=O)NCc2ccnn2C)cn1. The molecule has 0 bridgehead atoms. The van der Waals surface area contributed by atoms with E-state index in [1.165, 1.54) is 6.20 Å². The third kappa shape index (κ3) is 3.27. The van der Waals surface area contributed by atoms with Crippen LogP contribution in [0.25, 0.3) is 0 Å². The van der Waals surface area contributed by atoms with Gasteiger partial charge < -0.3 is 10.6 Å². The minimum atomic E-state index is -0.253. The average Bonchev–Trinajstić information content (AvgIpc) is 2.83. The topological polar surface area (TPSA) is 84.7 Å². The van der Waals surface area contributed by atoms with E-state index < -0.39 is 0 Å². The lowest BCUT2D eigenvalue weighted by Crippen LogP contribution is -2.25. The maximum Gasteiger partial charge on any atom is 0.271 e. The van der Waals surface area contributed by atoms with Crippen LogP contribution in [-0.2, 0) is 13.6 Å². The Hall–Kier alpha value is -2.44. The number of carbonyl (C=O) groups is 1. The number of hydrogen-bond donors (Lipinski definition) is 2. The van der Waals surface area contributed by atoms with E-state index in [9.17, 15) is 4.79 Å². The van der Waals surface area contributed by atoms with Crippen LogP contribution in [0.2, 0.25) is 0 Å². The lowest BCUT2D eigenvalue weighted by Gasteiger charge is -2.06. The maximum atomic E-state index is 11.9. The standard InChI is InChI=1S/C12H16N6O/c1-3-13-11-8-14-10(7-15-11)12(19)16-6-9-4-5-17-18(9)2/h4-5,7-8H,3,6H2,1-2H3,(H,13,15)(H,16,19). The molecule has 19 heavy (non-hydrogen) atoms. The molecule has 0 radical (unpaired) electrons. The highest BCUT2D eigenvalue weighted by atomic mass is 16.1. The molecule has 100 valence electrons. The molecule has 7 nitrogen and oxygen atoms in total. The molecule has 0 aliphatic heterocycles. The summed E-state index contributed by atoms with van der Waals surface area (Å²) in [6.07, 6.45) is 4.69. The number of carbonyl (C=O) groups excluding carboxylic acids is 1. The Kier molecular flexibility index (Phi) is 4.07. The summed E-state index contributed by atoms with van der Waals surface area (Å²) in [4.78, 5) is 20.0. The summed E-state index contributed by atoms with van der Waals surface area (Å²) >= 11 is 0. The van der Waals surface area contributed by atoms with Crippen molar-refractivity contribution in [3.63, 3.8) is 0 Å². The van der Waals surface area contributed by atoms with Gasteiger partial charge in [-0.05, 0) is 13.0 Å². The van der Waals surface area contributed by atoms with Crippen molar-refractivity contribution in [2.75, 3.05) is 11.9 Å². The molecule has 0 spiro atoms. The van der Waals surface area contributed by atoms with Crippen LogP contribution in [0.1, 0.15) is 23.1 Å². The van der Waals surface area contributed by atoms with Crippen molar-refractivity contribution in [1.29, 1.82) is 0 Å². The second-order valence-corrected chi connectivity index (χ2v) is 3.95. The predicted molar refractivity (Wildman–Crippen MR) is 70.6 cm³/mol. The van der Waals surface area contributed by atoms with Crippen molar-refractivity contribution in [2.45, 2.75) is 13.5 Å². The van der Waals surface area contributed by atoms with Crippen molar-refractivity contribution >= 4 is 11.7 Å². The first-order chi connectivity index (χ1) is 9.20. The van der Waals surface area contributed by atoms with Gasteiger partial charge in [0, 0.05) is 19.8 Å². The highest BCUT2D eigenvalue weighted by Crippen LogP contribution is 2.01. The van der Waals surface area contributed by atoms with Crippen molar-refractivity contribution in [3.05, 3.63) is 36.0 Å². The minimum Gasteiger partial charge on any atom is -0.369 e. The number of nitrogens with one attached hydrogen (secondary N) is 2. The molecule has 2 aromatic heterocycles. The number of rotatable bonds is 5.